The van der Waals surface area contributed by atoms with Crippen LogP contribution >= 0.6 is 0 Å². The van der Waals surface area contributed by atoms with E-state index in [1.54, 1.807) is 0 Å². The average molecular weight is 441 g/mol. The Kier molecular flexibility index (Phi) is 7.81. The van der Waals surface area contributed by atoms with Crippen LogP contribution in [0.25, 0.3) is 0 Å². The number of hydrogen-bond donors (Lipinski definition) is 0. The number of rotatable bonds is 7. The minimum atomic E-state index is -3.23. The summed E-state index contributed by atoms with van der Waals surface area (Å²) >= 11 is 0. The predicted octanol–water partition coefficient (Wildman–Crippen LogP) is 8.30. The van der Waals surface area contributed by atoms with Crippen LogP contribution in [-0.2, 0) is 6.42 Å². The van der Waals surface area contributed by atoms with Crippen molar-refractivity contribution >= 4 is 0 Å². The van der Waals surface area contributed by atoms with Gasteiger partial charge in [0.1, 0.15) is 0 Å². The molecule has 3 saturated carbocycles. The van der Waals surface area contributed by atoms with Crippen LogP contribution in [-0.4, -0.2) is 6.61 Å². The standard InChI is InChI=1S/C26H36F4O/c27-23-15-18(16-24(28)25(23)31-26(29)30)6-5-17-7-9-20(10-8-17)22-13-11-21(12-14-22)19-3-1-2-4-19/h15-17,19-22,26H,1-14H2/t17-,20-,21-,22-. The Labute approximate surface area is 183 Å². The van der Waals surface area contributed by atoms with E-state index in [0.29, 0.717) is 17.9 Å². The van der Waals surface area contributed by atoms with E-state index in [4.69, 9.17) is 0 Å². The third-order valence-corrected chi connectivity index (χ3v) is 8.55. The summed E-state index contributed by atoms with van der Waals surface area (Å²) in [5.41, 5.74) is 0.518. The SMILES string of the molecule is Fc1cc(CC[C@H]2CC[C@H]([C@H]3CC[C@H](C4CCCC4)CC3)CC2)cc(F)c1OC(F)F. The second-order valence-electron chi connectivity index (χ2n) is 10.3. The van der Waals surface area contributed by atoms with Gasteiger partial charge in [0, 0.05) is 0 Å². The van der Waals surface area contributed by atoms with Crippen LogP contribution in [0.15, 0.2) is 12.1 Å². The van der Waals surface area contributed by atoms with E-state index in [9.17, 15) is 17.6 Å². The molecule has 0 N–H and O–H groups in total. The first-order chi connectivity index (χ1) is 15.0. The molecular weight excluding hydrogens is 404 g/mol. The van der Waals surface area contributed by atoms with Crippen molar-refractivity contribution in [2.75, 3.05) is 0 Å². The molecule has 4 rings (SSSR count). The predicted molar refractivity (Wildman–Crippen MR) is 114 cm³/mol. The molecule has 1 nitrogen and oxygen atoms in total. The van der Waals surface area contributed by atoms with Crippen molar-refractivity contribution in [2.24, 2.45) is 29.6 Å². The Hall–Kier alpha value is -1.26. The molecule has 0 bridgehead atoms. The van der Waals surface area contributed by atoms with Gasteiger partial charge in [0.15, 0.2) is 17.4 Å². The highest BCUT2D eigenvalue weighted by atomic mass is 19.3. The minimum Gasteiger partial charge on any atom is -0.429 e. The zero-order chi connectivity index (χ0) is 21.8. The number of alkyl halides is 2. The third kappa shape index (κ3) is 5.96. The molecule has 3 aliphatic carbocycles. The van der Waals surface area contributed by atoms with Gasteiger partial charge in [0.25, 0.3) is 0 Å². The van der Waals surface area contributed by atoms with Crippen molar-refractivity contribution in [3.05, 3.63) is 29.3 Å². The number of ether oxygens (including phenoxy) is 1. The van der Waals surface area contributed by atoms with Crippen LogP contribution in [0.2, 0.25) is 0 Å². The summed E-state index contributed by atoms with van der Waals surface area (Å²) in [5, 5.41) is 0. The number of benzene rings is 1. The molecular formula is C26H36F4O. The summed E-state index contributed by atoms with van der Waals surface area (Å²) in [7, 11) is 0. The smallest absolute Gasteiger partial charge is 0.387 e. The second kappa shape index (κ2) is 10.6. The second-order valence-corrected chi connectivity index (χ2v) is 10.3. The summed E-state index contributed by atoms with van der Waals surface area (Å²) in [4.78, 5) is 0. The van der Waals surface area contributed by atoms with Crippen LogP contribution < -0.4 is 4.74 Å². The van der Waals surface area contributed by atoms with Crippen molar-refractivity contribution < 1.29 is 22.3 Å². The van der Waals surface area contributed by atoms with Gasteiger partial charge in [0.2, 0.25) is 0 Å². The molecule has 0 amide bonds. The molecule has 0 spiro atoms. The monoisotopic (exact) mass is 440 g/mol. The Balaban J connectivity index is 1.19. The van der Waals surface area contributed by atoms with Crippen LogP contribution in [0.4, 0.5) is 17.6 Å². The fourth-order valence-corrected chi connectivity index (χ4v) is 6.79. The summed E-state index contributed by atoms with van der Waals surface area (Å²) < 4.78 is 56.3. The fraction of sp³-hybridized carbons (Fsp3) is 0.769. The molecule has 31 heavy (non-hydrogen) atoms. The van der Waals surface area contributed by atoms with Gasteiger partial charge in [-0.2, -0.15) is 8.78 Å². The molecule has 0 heterocycles. The minimum absolute atomic E-state index is 0.518. The molecule has 0 unspecified atom stereocenters. The van der Waals surface area contributed by atoms with E-state index in [0.717, 1.165) is 42.2 Å². The van der Waals surface area contributed by atoms with Crippen molar-refractivity contribution in [3.63, 3.8) is 0 Å². The van der Waals surface area contributed by atoms with Crippen LogP contribution in [0.5, 0.6) is 5.75 Å². The lowest BCUT2D eigenvalue weighted by Crippen LogP contribution is -2.27. The van der Waals surface area contributed by atoms with Gasteiger partial charge in [-0.25, -0.2) is 8.78 Å². The molecule has 3 aliphatic rings. The molecule has 174 valence electrons. The quantitative estimate of drug-likeness (QED) is 0.387. The first-order valence-corrected chi connectivity index (χ1v) is 12.4. The van der Waals surface area contributed by atoms with Crippen molar-refractivity contribution in [1.29, 1.82) is 0 Å². The van der Waals surface area contributed by atoms with E-state index >= 15 is 0 Å². The van der Waals surface area contributed by atoms with Crippen LogP contribution in [0.1, 0.15) is 89.0 Å². The molecule has 0 aliphatic heterocycles. The number of halogens is 4. The maximum absolute atomic E-state index is 13.9. The lowest BCUT2D eigenvalue weighted by atomic mass is 9.67. The molecule has 0 aromatic heterocycles. The van der Waals surface area contributed by atoms with E-state index in [1.165, 1.54) is 77.0 Å². The fourth-order valence-electron chi connectivity index (χ4n) is 6.79. The molecule has 1 aromatic rings. The van der Waals surface area contributed by atoms with Gasteiger partial charge in [0.05, 0.1) is 0 Å². The first kappa shape index (κ1) is 22.9. The molecule has 1 aromatic carbocycles. The molecule has 0 radical (unpaired) electrons. The molecule has 3 fully saturated rings. The molecule has 5 heteroatoms. The summed E-state index contributed by atoms with van der Waals surface area (Å²) in [6.45, 7) is -3.23. The normalized spacial score (nSPS) is 30.1. The van der Waals surface area contributed by atoms with Crippen LogP contribution in [0.3, 0.4) is 0 Å². The maximum atomic E-state index is 13.9. The molecule has 0 saturated heterocycles. The van der Waals surface area contributed by atoms with Gasteiger partial charge in [-0.3, -0.25) is 0 Å². The van der Waals surface area contributed by atoms with E-state index in [-0.39, 0.29) is 0 Å². The zero-order valence-electron chi connectivity index (χ0n) is 18.4. The molecule has 0 atom stereocenters. The van der Waals surface area contributed by atoms with E-state index in [2.05, 4.69) is 4.74 Å². The maximum Gasteiger partial charge on any atom is 0.387 e. The van der Waals surface area contributed by atoms with Crippen molar-refractivity contribution in [1.82, 2.24) is 0 Å². The van der Waals surface area contributed by atoms with Gasteiger partial charge in [-0.1, -0.05) is 38.5 Å². The van der Waals surface area contributed by atoms with E-state index in [1.807, 2.05) is 0 Å². The third-order valence-electron chi connectivity index (χ3n) is 8.55. The topological polar surface area (TPSA) is 9.23 Å². The van der Waals surface area contributed by atoms with Crippen molar-refractivity contribution in [2.45, 2.75) is 96.5 Å². The van der Waals surface area contributed by atoms with Gasteiger partial charge in [-0.05, 0) is 98.7 Å². The Bertz CT molecular complexity index is 676. The lowest BCUT2D eigenvalue weighted by molar-refractivity contribution is -0.0546. The van der Waals surface area contributed by atoms with Crippen molar-refractivity contribution in [3.8, 4) is 5.75 Å². The highest BCUT2D eigenvalue weighted by Crippen LogP contribution is 2.46. The van der Waals surface area contributed by atoms with E-state index < -0.39 is 24.0 Å². The zero-order valence-corrected chi connectivity index (χ0v) is 18.4. The highest BCUT2D eigenvalue weighted by molar-refractivity contribution is 5.31. The van der Waals surface area contributed by atoms with Gasteiger partial charge >= 0.3 is 6.61 Å². The number of hydrogen-bond acceptors (Lipinski definition) is 1. The average Bonchev–Trinajstić information content (AvgIpc) is 3.30. The Morgan fingerprint density at radius 3 is 1.65 bits per heavy atom. The Morgan fingerprint density at radius 1 is 0.710 bits per heavy atom. The van der Waals surface area contributed by atoms with Gasteiger partial charge in [-0.15, -0.1) is 0 Å². The number of aryl methyl sites for hydroxylation is 1. The van der Waals surface area contributed by atoms with Crippen LogP contribution in [0, 0.1) is 41.2 Å². The largest absolute Gasteiger partial charge is 0.429 e. The van der Waals surface area contributed by atoms with Gasteiger partial charge < -0.3 is 4.74 Å². The lowest BCUT2D eigenvalue weighted by Gasteiger charge is -2.39. The Morgan fingerprint density at radius 2 is 1.16 bits per heavy atom. The first-order valence-electron chi connectivity index (χ1n) is 12.4. The summed E-state index contributed by atoms with van der Waals surface area (Å²) in [6.07, 6.45) is 18.0. The summed E-state index contributed by atoms with van der Waals surface area (Å²) in [5.74, 6) is 1.29. The highest BCUT2D eigenvalue weighted by Gasteiger charge is 2.34. The summed E-state index contributed by atoms with van der Waals surface area (Å²) in [6, 6.07) is 2.27.